The van der Waals surface area contributed by atoms with Gasteiger partial charge in [-0.25, -0.2) is 4.79 Å². The molecule has 1 aliphatic rings. The lowest BCUT2D eigenvalue weighted by Gasteiger charge is -2.39. The van der Waals surface area contributed by atoms with Crippen molar-refractivity contribution in [1.82, 2.24) is 19.7 Å². The molecule has 1 N–H and O–H groups in total. The number of aromatic nitrogens is 1. The van der Waals surface area contributed by atoms with Crippen molar-refractivity contribution < 1.29 is 9.59 Å². The predicted octanol–water partition coefficient (Wildman–Crippen LogP) is 2.78. The van der Waals surface area contributed by atoms with Crippen LogP contribution >= 0.6 is 0 Å². The molecule has 0 bridgehead atoms. The van der Waals surface area contributed by atoms with E-state index in [1.54, 1.807) is 4.90 Å². The van der Waals surface area contributed by atoms with Gasteiger partial charge in [0.2, 0.25) is 5.91 Å². The van der Waals surface area contributed by atoms with Crippen molar-refractivity contribution in [3.63, 3.8) is 0 Å². The number of carbonyl (C=O) groups excluding carboxylic acids is 2. The molecule has 1 aromatic heterocycles. The number of rotatable bonds is 5. The van der Waals surface area contributed by atoms with Crippen LogP contribution in [-0.4, -0.2) is 52.5 Å². The summed E-state index contributed by atoms with van der Waals surface area (Å²) in [5.74, 6) is -0.0243. The fraction of sp³-hybridized carbons (Fsp3) is 0.429. The van der Waals surface area contributed by atoms with E-state index in [1.165, 1.54) is 0 Å². The van der Waals surface area contributed by atoms with E-state index in [0.717, 1.165) is 23.4 Å². The maximum absolute atomic E-state index is 13.2. The van der Waals surface area contributed by atoms with Gasteiger partial charge in [0.05, 0.1) is 6.04 Å². The number of likely N-dealkylation sites (N-methyl/N-ethyl adjacent to an activating group) is 1. The minimum atomic E-state index is -0.193. The largest absolute Gasteiger partial charge is 0.348 e. The lowest BCUT2D eigenvalue weighted by Crippen LogP contribution is -2.49. The van der Waals surface area contributed by atoms with Crippen LogP contribution in [-0.2, 0) is 11.3 Å². The van der Waals surface area contributed by atoms with Gasteiger partial charge in [0.15, 0.2) is 0 Å². The van der Waals surface area contributed by atoms with Gasteiger partial charge in [-0.3, -0.25) is 4.79 Å². The minimum Gasteiger partial charge on any atom is -0.348 e. The number of amides is 3. The Morgan fingerprint density at radius 2 is 1.93 bits per heavy atom. The van der Waals surface area contributed by atoms with E-state index in [1.807, 2.05) is 36.9 Å². The minimum absolute atomic E-state index is 0.0243. The van der Waals surface area contributed by atoms with Crippen LogP contribution in [0.1, 0.15) is 36.7 Å². The fourth-order valence-corrected chi connectivity index (χ4v) is 3.72. The first-order valence-corrected chi connectivity index (χ1v) is 9.59. The molecule has 6 nitrogen and oxygen atoms in total. The van der Waals surface area contributed by atoms with Crippen LogP contribution in [0.25, 0.3) is 0 Å². The van der Waals surface area contributed by atoms with Crippen molar-refractivity contribution in [2.45, 2.75) is 33.4 Å². The molecule has 1 aliphatic heterocycles. The second kappa shape index (κ2) is 8.29. The third kappa shape index (κ3) is 3.84. The summed E-state index contributed by atoms with van der Waals surface area (Å²) in [6.07, 6.45) is 2.06. The van der Waals surface area contributed by atoms with Gasteiger partial charge >= 0.3 is 6.03 Å². The molecular weight excluding hydrogens is 340 g/mol. The van der Waals surface area contributed by atoms with Gasteiger partial charge in [-0.2, -0.15) is 0 Å². The Hall–Kier alpha value is -2.76. The van der Waals surface area contributed by atoms with Gasteiger partial charge in [0.25, 0.3) is 0 Å². The Morgan fingerprint density at radius 3 is 2.63 bits per heavy atom. The molecule has 0 fully saturated rings. The summed E-state index contributed by atoms with van der Waals surface area (Å²) in [7, 11) is 0. The number of urea groups is 1. The molecule has 3 rings (SSSR count). The number of carbonyl (C=O) groups is 2. The van der Waals surface area contributed by atoms with Crippen LogP contribution in [0.4, 0.5) is 4.79 Å². The number of benzene rings is 1. The lowest BCUT2D eigenvalue weighted by molar-refractivity contribution is -0.134. The Bertz CT molecular complexity index is 814. The molecule has 0 saturated carbocycles. The first kappa shape index (κ1) is 19.0. The molecule has 2 heterocycles. The topological polar surface area (TPSA) is 57.6 Å². The molecule has 1 aromatic carbocycles. The highest BCUT2D eigenvalue weighted by atomic mass is 16.2. The molecular formula is C21H28N4O2. The lowest BCUT2D eigenvalue weighted by atomic mass is 9.95. The summed E-state index contributed by atoms with van der Waals surface area (Å²) in [5.41, 5.74) is 3.41. The van der Waals surface area contributed by atoms with Gasteiger partial charge in [0, 0.05) is 38.1 Å². The van der Waals surface area contributed by atoms with Gasteiger partial charge < -0.3 is 19.7 Å². The molecule has 1 unspecified atom stereocenters. The SMILES string of the molecule is CCNC(=O)N(CC)CC(=O)N1CCn2cccc2C1c1ccccc1C. The van der Waals surface area contributed by atoms with Gasteiger partial charge in [0.1, 0.15) is 6.54 Å². The van der Waals surface area contributed by atoms with Crippen molar-refractivity contribution in [2.24, 2.45) is 0 Å². The molecule has 0 radical (unpaired) electrons. The number of fused-ring (bicyclic) bond motifs is 1. The average molecular weight is 368 g/mol. The number of nitrogens with zero attached hydrogens (tertiary/aromatic N) is 3. The number of nitrogens with one attached hydrogen (secondary N) is 1. The van der Waals surface area contributed by atoms with E-state index in [2.05, 4.69) is 41.2 Å². The summed E-state index contributed by atoms with van der Waals surface area (Å²) in [4.78, 5) is 28.9. The third-order valence-corrected chi connectivity index (χ3v) is 5.16. The van der Waals surface area contributed by atoms with E-state index >= 15 is 0 Å². The van der Waals surface area contributed by atoms with Gasteiger partial charge in [-0.1, -0.05) is 24.3 Å². The van der Waals surface area contributed by atoms with E-state index in [4.69, 9.17) is 0 Å². The fourth-order valence-electron chi connectivity index (χ4n) is 3.72. The zero-order chi connectivity index (χ0) is 19.4. The van der Waals surface area contributed by atoms with Crippen molar-refractivity contribution in [2.75, 3.05) is 26.2 Å². The Morgan fingerprint density at radius 1 is 1.15 bits per heavy atom. The molecule has 0 spiro atoms. The highest BCUT2D eigenvalue weighted by Gasteiger charge is 2.33. The Kier molecular flexibility index (Phi) is 5.84. The molecule has 2 aromatic rings. The van der Waals surface area contributed by atoms with Gasteiger partial charge in [-0.05, 0) is 44.0 Å². The highest BCUT2D eigenvalue weighted by Crippen LogP contribution is 2.34. The van der Waals surface area contributed by atoms with Crippen molar-refractivity contribution in [1.29, 1.82) is 0 Å². The smallest absolute Gasteiger partial charge is 0.317 e. The standard InChI is InChI=1S/C21H28N4O2/c1-4-22-21(27)23(5-2)15-19(26)25-14-13-24-12-8-11-18(24)20(25)17-10-7-6-9-16(17)3/h6-12,20H,4-5,13-15H2,1-3H3,(H,22,27). The maximum Gasteiger partial charge on any atom is 0.317 e. The second-order valence-corrected chi connectivity index (χ2v) is 6.82. The van der Waals surface area contributed by atoms with Crippen molar-refractivity contribution >= 4 is 11.9 Å². The van der Waals surface area contributed by atoms with E-state index in [9.17, 15) is 9.59 Å². The van der Waals surface area contributed by atoms with E-state index in [0.29, 0.717) is 19.6 Å². The monoisotopic (exact) mass is 368 g/mol. The Labute approximate surface area is 160 Å². The quantitative estimate of drug-likeness (QED) is 0.882. The molecule has 0 aliphatic carbocycles. The van der Waals surface area contributed by atoms with Crippen molar-refractivity contribution in [3.8, 4) is 0 Å². The summed E-state index contributed by atoms with van der Waals surface area (Å²) in [5, 5.41) is 2.78. The number of hydrogen-bond donors (Lipinski definition) is 1. The summed E-state index contributed by atoms with van der Waals surface area (Å²) in [6.45, 7) is 8.38. The maximum atomic E-state index is 13.2. The third-order valence-electron chi connectivity index (χ3n) is 5.16. The summed E-state index contributed by atoms with van der Waals surface area (Å²) >= 11 is 0. The van der Waals surface area contributed by atoms with Crippen LogP contribution < -0.4 is 5.32 Å². The van der Waals surface area contributed by atoms with E-state index < -0.39 is 0 Å². The average Bonchev–Trinajstić information content (AvgIpc) is 3.14. The van der Waals surface area contributed by atoms with Crippen molar-refractivity contribution in [3.05, 3.63) is 59.4 Å². The normalized spacial score (nSPS) is 16.0. The summed E-state index contributed by atoms with van der Waals surface area (Å²) in [6, 6.07) is 12.0. The molecule has 6 heteroatoms. The second-order valence-electron chi connectivity index (χ2n) is 6.82. The highest BCUT2D eigenvalue weighted by molar-refractivity contribution is 5.84. The predicted molar refractivity (Wildman–Crippen MR) is 105 cm³/mol. The summed E-state index contributed by atoms with van der Waals surface area (Å²) < 4.78 is 2.21. The molecule has 27 heavy (non-hydrogen) atoms. The van der Waals surface area contributed by atoms with Crippen LogP contribution in [0.5, 0.6) is 0 Å². The first-order valence-electron chi connectivity index (χ1n) is 9.59. The molecule has 1 atom stereocenters. The number of aryl methyl sites for hydroxylation is 1. The molecule has 3 amide bonds. The molecule has 0 saturated heterocycles. The van der Waals surface area contributed by atoms with E-state index in [-0.39, 0.29) is 24.5 Å². The van der Waals surface area contributed by atoms with Gasteiger partial charge in [-0.15, -0.1) is 0 Å². The Balaban J connectivity index is 1.90. The molecule has 144 valence electrons. The number of hydrogen-bond acceptors (Lipinski definition) is 2. The zero-order valence-electron chi connectivity index (χ0n) is 16.3. The van der Waals surface area contributed by atoms with Crippen LogP contribution in [0, 0.1) is 6.92 Å². The van der Waals surface area contributed by atoms with Crippen LogP contribution in [0.2, 0.25) is 0 Å². The first-order chi connectivity index (χ1) is 13.1. The van der Waals surface area contributed by atoms with Crippen LogP contribution in [0.3, 0.4) is 0 Å². The zero-order valence-corrected chi connectivity index (χ0v) is 16.3. The van der Waals surface area contributed by atoms with Crippen LogP contribution in [0.15, 0.2) is 42.6 Å².